The number of aliphatic hydroxyl groups excluding tert-OH is 1. The minimum absolute atomic E-state index is 0.156. The highest BCUT2D eigenvalue weighted by Gasteiger charge is 2.86. The van der Waals surface area contributed by atoms with E-state index < -0.39 is 0 Å². The molecule has 0 heterocycles. The topological polar surface area (TPSA) is 20.2 Å². The summed E-state index contributed by atoms with van der Waals surface area (Å²) in [7, 11) is 0. The summed E-state index contributed by atoms with van der Waals surface area (Å²) in [4.78, 5) is 0. The van der Waals surface area contributed by atoms with Gasteiger partial charge in [-0.05, 0) is 53.8 Å². The number of hydrogen-bond donors (Lipinski definition) is 1. The molecule has 0 unspecified atom stereocenters. The highest BCUT2D eigenvalue weighted by atomic mass is 16.3. The van der Waals surface area contributed by atoms with E-state index in [2.05, 4.69) is 0 Å². The number of rotatable bonds is 0. The van der Waals surface area contributed by atoms with Crippen LogP contribution in [0, 0.1) is 47.3 Å². The van der Waals surface area contributed by atoms with Crippen LogP contribution in [0.3, 0.4) is 0 Å². The van der Waals surface area contributed by atoms with Crippen molar-refractivity contribution in [1.82, 2.24) is 0 Å². The SMILES string of the molecule is O[C@H]1[C@@H]2[C@@H]3[C@@H]4C[C@H]5[C@H]3[C@@H]2[C@@H]5[C@H]14. The largest absolute Gasteiger partial charge is 0.393 e. The Morgan fingerprint density at radius 1 is 0.727 bits per heavy atom. The van der Waals surface area contributed by atoms with E-state index in [4.69, 9.17) is 0 Å². The Hall–Kier alpha value is -0.0400. The lowest BCUT2D eigenvalue weighted by atomic mass is 9.41. The van der Waals surface area contributed by atoms with Gasteiger partial charge in [0.05, 0.1) is 6.10 Å². The third-order valence-corrected chi connectivity index (χ3v) is 5.98. The van der Waals surface area contributed by atoms with E-state index in [-0.39, 0.29) is 6.10 Å². The van der Waals surface area contributed by atoms with Crippen LogP contribution in [-0.4, -0.2) is 11.2 Å². The summed E-state index contributed by atoms with van der Waals surface area (Å²) in [6.45, 7) is 0. The highest BCUT2D eigenvalue weighted by Crippen LogP contribution is 2.88. The summed E-state index contributed by atoms with van der Waals surface area (Å²) in [6.07, 6.45) is 1.66. The Morgan fingerprint density at radius 2 is 1.36 bits per heavy atom. The van der Waals surface area contributed by atoms with Gasteiger partial charge < -0.3 is 5.11 Å². The van der Waals surface area contributed by atoms with E-state index in [9.17, 15) is 5.11 Å². The van der Waals surface area contributed by atoms with Crippen molar-refractivity contribution < 1.29 is 5.11 Å². The van der Waals surface area contributed by atoms with E-state index in [0.29, 0.717) is 0 Å². The molecule has 4 bridgehead atoms. The second-order valence-electron chi connectivity index (χ2n) is 5.52. The minimum Gasteiger partial charge on any atom is -0.393 e. The molecule has 6 aliphatic carbocycles. The van der Waals surface area contributed by atoms with Crippen LogP contribution in [-0.2, 0) is 0 Å². The summed E-state index contributed by atoms with van der Waals surface area (Å²) in [5.74, 6) is 7.91. The first-order valence-corrected chi connectivity index (χ1v) is 5.07. The minimum atomic E-state index is 0.156. The monoisotopic (exact) mass is 148 g/mol. The Kier molecular flexibility index (Phi) is 0.452. The molecule has 1 nitrogen and oxygen atoms in total. The van der Waals surface area contributed by atoms with E-state index >= 15 is 0 Å². The van der Waals surface area contributed by atoms with Crippen LogP contribution in [0.25, 0.3) is 0 Å². The van der Waals surface area contributed by atoms with Crippen molar-refractivity contribution in [2.24, 2.45) is 47.3 Å². The molecule has 1 N–H and O–H groups in total. The van der Waals surface area contributed by atoms with Crippen LogP contribution in [0.2, 0.25) is 0 Å². The lowest BCUT2D eigenvalue weighted by Gasteiger charge is -2.63. The zero-order valence-electron chi connectivity index (χ0n) is 6.35. The van der Waals surface area contributed by atoms with Crippen molar-refractivity contribution in [2.45, 2.75) is 12.5 Å². The number of hydrogen-bond acceptors (Lipinski definition) is 1. The molecule has 6 aliphatic rings. The normalized spacial score (nSPS) is 90.8. The molecule has 58 valence electrons. The molecule has 0 amide bonds. The fraction of sp³-hybridized carbons (Fsp3) is 1.00. The van der Waals surface area contributed by atoms with Gasteiger partial charge in [0.15, 0.2) is 0 Å². The van der Waals surface area contributed by atoms with E-state index in [1.807, 2.05) is 0 Å². The Labute approximate surface area is 65.8 Å². The van der Waals surface area contributed by atoms with Gasteiger partial charge in [-0.25, -0.2) is 0 Å². The summed E-state index contributed by atoms with van der Waals surface area (Å²) < 4.78 is 0. The van der Waals surface area contributed by atoms with Gasteiger partial charge in [0.2, 0.25) is 0 Å². The van der Waals surface area contributed by atoms with Crippen LogP contribution >= 0.6 is 0 Å². The van der Waals surface area contributed by atoms with E-state index in [1.54, 1.807) is 0 Å². The summed E-state index contributed by atoms with van der Waals surface area (Å²) >= 11 is 0. The average Bonchev–Trinajstić information content (AvgIpc) is 2.40. The molecule has 6 saturated carbocycles. The van der Waals surface area contributed by atoms with E-state index in [0.717, 1.165) is 47.3 Å². The molecular weight excluding hydrogens is 136 g/mol. The predicted octanol–water partition coefficient (Wildman–Crippen LogP) is 0.735. The van der Waals surface area contributed by atoms with Crippen LogP contribution in [0.1, 0.15) is 6.42 Å². The van der Waals surface area contributed by atoms with Gasteiger partial charge in [-0.2, -0.15) is 0 Å². The molecule has 0 radical (unpaired) electrons. The summed E-state index contributed by atoms with van der Waals surface area (Å²) in [5.41, 5.74) is 0. The first kappa shape index (κ1) is 4.86. The van der Waals surface area contributed by atoms with E-state index in [1.165, 1.54) is 6.42 Å². The molecule has 0 aliphatic heterocycles. The maximum Gasteiger partial charge on any atom is 0.0607 e. The third-order valence-electron chi connectivity index (χ3n) is 5.98. The van der Waals surface area contributed by atoms with Gasteiger partial charge in [-0.3, -0.25) is 0 Å². The lowest BCUT2D eigenvalue weighted by molar-refractivity contribution is -0.172. The maximum atomic E-state index is 9.92. The Balaban J connectivity index is 1.88. The van der Waals surface area contributed by atoms with Crippen LogP contribution in [0.4, 0.5) is 0 Å². The van der Waals surface area contributed by atoms with Gasteiger partial charge in [0, 0.05) is 0 Å². The standard InChI is InChI=1S/C10H12O/c11-10-7-3-1-2-4-5(3)9(10)8(4)6(2)7/h2-11H,1H2/t2-,3-,4+,5+,6-,7+,8+,9+,10+/m0/s1. The fourth-order valence-corrected chi connectivity index (χ4v) is 6.15. The smallest absolute Gasteiger partial charge is 0.0607 e. The molecular formula is C10H12O. The first-order chi connectivity index (χ1) is 5.39. The van der Waals surface area contributed by atoms with Crippen molar-refractivity contribution in [1.29, 1.82) is 0 Å². The van der Waals surface area contributed by atoms with Crippen molar-refractivity contribution in [3.63, 3.8) is 0 Å². The molecule has 6 fully saturated rings. The van der Waals surface area contributed by atoms with Crippen LogP contribution in [0.5, 0.6) is 0 Å². The Bertz CT molecular complexity index is 264. The van der Waals surface area contributed by atoms with Crippen LogP contribution in [0.15, 0.2) is 0 Å². The van der Waals surface area contributed by atoms with Gasteiger partial charge in [-0.1, -0.05) is 0 Å². The zero-order chi connectivity index (χ0) is 6.90. The average molecular weight is 148 g/mol. The van der Waals surface area contributed by atoms with Crippen molar-refractivity contribution in [3.8, 4) is 0 Å². The highest BCUT2D eigenvalue weighted by molar-refractivity contribution is 5.33. The quantitative estimate of drug-likeness (QED) is 0.537. The van der Waals surface area contributed by atoms with Crippen molar-refractivity contribution >= 4 is 0 Å². The van der Waals surface area contributed by atoms with Gasteiger partial charge in [0.1, 0.15) is 0 Å². The lowest BCUT2D eigenvalue weighted by Crippen LogP contribution is -2.60. The molecule has 6 rings (SSSR count). The van der Waals surface area contributed by atoms with Crippen LogP contribution < -0.4 is 0 Å². The Morgan fingerprint density at radius 3 is 2.00 bits per heavy atom. The molecule has 0 spiro atoms. The molecule has 0 aromatic rings. The molecule has 11 heavy (non-hydrogen) atoms. The molecule has 0 aromatic heterocycles. The molecule has 9 atom stereocenters. The summed E-state index contributed by atoms with van der Waals surface area (Å²) in [6, 6.07) is 0. The maximum absolute atomic E-state index is 9.92. The van der Waals surface area contributed by atoms with Gasteiger partial charge >= 0.3 is 0 Å². The fourth-order valence-electron chi connectivity index (χ4n) is 6.15. The molecule has 0 aromatic carbocycles. The van der Waals surface area contributed by atoms with Crippen molar-refractivity contribution in [2.75, 3.05) is 0 Å². The van der Waals surface area contributed by atoms with Gasteiger partial charge in [0.25, 0.3) is 0 Å². The van der Waals surface area contributed by atoms with Crippen molar-refractivity contribution in [3.05, 3.63) is 0 Å². The third kappa shape index (κ3) is 0.234. The zero-order valence-corrected chi connectivity index (χ0v) is 6.35. The second kappa shape index (κ2) is 1.02. The molecule has 1 heteroatoms. The predicted molar refractivity (Wildman–Crippen MR) is 38.5 cm³/mol. The first-order valence-electron chi connectivity index (χ1n) is 5.07. The number of aliphatic hydroxyl groups is 1. The molecule has 0 saturated heterocycles. The summed E-state index contributed by atoms with van der Waals surface area (Å²) in [5, 5.41) is 9.92. The second-order valence-corrected chi connectivity index (χ2v) is 5.52. The van der Waals surface area contributed by atoms with Gasteiger partial charge in [-0.15, -0.1) is 0 Å².